The minimum Gasteiger partial charge on any atom is -0.396 e. The first-order valence-electron chi connectivity index (χ1n) is 6.31. The first-order chi connectivity index (χ1) is 8.67. The van der Waals surface area contributed by atoms with Crippen LogP contribution in [0.25, 0.3) is 10.6 Å². The number of hydrogen-bond donors (Lipinski definition) is 1. The average Bonchev–Trinajstić information content (AvgIpc) is 2.74. The molecule has 2 aromatic rings. The van der Waals surface area contributed by atoms with Gasteiger partial charge in [0.05, 0.1) is 12.3 Å². The highest BCUT2D eigenvalue weighted by Crippen LogP contribution is 2.35. The topological polar surface area (TPSA) is 33.1 Å². The summed E-state index contributed by atoms with van der Waals surface area (Å²) in [5, 5.41) is 10.5. The Kier molecular flexibility index (Phi) is 4.15. The number of benzene rings is 1. The first-order valence-corrected chi connectivity index (χ1v) is 7.13. The summed E-state index contributed by atoms with van der Waals surface area (Å²) in [6.07, 6.45) is 0.951. The molecule has 0 fully saturated rings. The molecule has 1 N–H and O–H groups in total. The van der Waals surface area contributed by atoms with Crippen molar-refractivity contribution in [2.75, 3.05) is 6.61 Å². The van der Waals surface area contributed by atoms with Crippen LogP contribution in [0.1, 0.15) is 35.4 Å². The second-order valence-corrected chi connectivity index (χ2v) is 5.60. The Morgan fingerprint density at radius 3 is 2.61 bits per heavy atom. The molecule has 0 aliphatic carbocycles. The van der Waals surface area contributed by atoms with E-state index in [9.17, 15) is 5.11 Å². The van der Waals surface area contributed by atoms with Gasteiger partial charge in [-0.15, -0.1) is 11.3 Å². The summed E-state index contributed by atoms with van der Waals surface area (Å²) in [5.41, 5.74) is 3.50. The number of aliphatic hydroxyl groups is 1. The van der Waals surface area contributed by atoms with Crippen molar-refractivity contribution in [3.8, 4) is 10.6 Å². The third-order valence-corrected chi connectivity index (χ3v) is 4.65. The molecule has 0 bridgehead atoms. The van der Waals surface area contributed by atoms with Crippen molar-refractivity contribution in [3.05, 3.63) is 40.4 Å². The van der Waals surface area contributed by atoms with Gasteiger partial charge in [0.2, 0.25) is 0 Å². The summed E-state index contributed by atoms with van der Waals surface area (Å²) in [6.45, 7) is 6.45. The smallest absolute Gasteiger partial charge is 0.124 e. The summed E-state index contributed by atoms with van der Waals surface area (Å²) in [5.74, 6) is 0.222. The van der Waals surface area contributed by atoms with Gasteiger partial charge in [0.15, 0.2) is 0 Å². The predicted molar refractivity (Wildman–Crippen MR) is 77.1 cm³/mol. The molecule has 1 heterocycles. The average molecular weight is 261 g/mol. The number of thiazole rings is 1. The van der Waals surface area contributed by atoms with E-state index in [-0.39, 0.29) is 12.5 Å². The fraction of sp³-hybridized carbons (Fsp3) is 0.400. The molecule has 0 aliphatic rings. The lowest BCUT2D eigenvalue weighted by Gasteiger charge is -2.08. The van der Waals surface area contributed by atoms with Gasteiger partial charge in [-0.1, -0.05) is 31.2 Å². The van der Waals surface area contributed by atoms with Crippen molar-refractivity contribution in [2.45, 2.75) is 33.1 Å². The third-order valence-electron chi connectivity index (χ3n) is 3.29. The lowest BCUT2D eigenvalue weighted by molar-refractivity contribution is 0.263. The highest BCUT2D eigenvalue weighted by atomic mass is 32.1. The largest absolute Gasteiger partial charge is 0.396 e. The van der Waals surface area contributed by atoms with Gasteiger partial charge in [-0.05, 0) is 25.8 Å². The first kappa shape index (κ1) is 13.2. The lowest BCUT2D eigenvalue weighted by Crippen LogP contribution is -2.01. The Balaban J connectivity index is 2.43. The van der Waals surface area contributed by atoms with Crippen LogP contribution >= 0.6 is 11.3 Å². The van der Waals surface area contributed by atoms with Crippen LogP contribution in [0.2, 0.25) is 0 Å². The van der Waals surface area contributed by atoms with Crippen molar-refractivity contribution in [1.29, 1.82) is 0 Å². The van der Waals surface area contributed by atoms with E-state index in [0.717, 1.165) is 17.1 Å². The fourth-order valence-electron chi connectivity index (χ4n) is 2.11. The molecule has 0 spiro atoms. The Hall–Kier alpha value is -1.19. The van der Waals surface area contributed by atoms with Crippen molar-refractivity contribution < 1.29 is 5.11 Å². The van der Waals surface area contributed by atoms with Crippen molar-refractivity contribution in [2.24, 2.45) is 0 Å². The van der Waals surface area contributed by atoms with E-state index < -0.39 is 0 Å². The van der Waals surface area contributed by atoms with Crippen molar-refractivity contribution in [1.82, 2.24) is 4.98 Å². The van der Waals surface area contributed by atoms with Crippen LogP contribution in [0.3, 0.4) is 0 Å². The van der Waals surface area contributed by atoms with Crippen LogP contribution in [0.4, 0.5) is 0 Å². The highest BCUT2D eigenvalue weighted by Gasteiger charge is 2.17. The van der Waals surface area contributed by atoms with Gasteiger partial charge in [-0.3, -0.25) is 0 Å². The number of nitrogens with zero attached hydrogens (tertiary/aromatic N) is 1. The molecular formula is C15H19NOS. The molecule has 96 valence electrons. The zero-order chi connectivity index (χ0) is 13.1. The number of aromatic nitrogens is 1. The van der Waals surface area contributed by atoms with Crippen LogP contribution in [0.5, 0.6) is 0 Å². The van der Waals surface area contributed by atoms with Gasteiger partial charge in [0.25, 0.3) is 0 Å². The Bertz CT molecular complexity index is 529. The van der Waals surface area contributed by atoms with E-state index in [1.165, 1.54) is 16.0 Å². The van der Waals surface area contributed by atoms with E-state index in [1.807, 2.05) is 19.1 Å². The minimum absolute atomic E-state index is 0.201. The Morgan fingerprint density at radius 2 is 2.00 bits per heavy atom. The summed E-state index contributed by atoms with van der Waals surface area (Å²) in [4.78, 5) is 5.89. The number of aliphatic hydroxyl groups excluding tert-OH is 1. The van der Waals surface area contributed by atoms with Gasteiger partial charge in [0.1, 0.15) is 5.01 Å². The summed E-state index contributed by atoms with van der Waals surface area (Å²) >= 11 is 1.71. The molecule has 0 saturated heterocycles. The zero-order valence-corrected chi connectivity index (χ0v) is 11.9. The molecule has 2 nitrogen and oxygen atoms in total. The summed E-state index contributed by atoms with van der Waals surface area (Å²) < 4.78 is 0. The molecule has 18 heavy (non-hydrogen) atoms. The van der Waals surface area contributed by atoms with E-state index in [4.69, 9.17) is 0 Å². The van der Waals surface area contributed by atoms with Crippen LogP contribution in [0, 0.1) is 13.8 Å². The van der Waals surface area contributed by atoms with Gasteiger partial charge in [-0.2, -0.15) is 0 Å². The second kappa shape index (κ2) is 5.63. The molecule has 2 rings (SSSR count). The van der Waals surface area contributed by atoms with Gasteiger partial charge >= 0.3 is 0 Å². The van der Waals surface area contributed by atoms with E-state index in [2.05, 4.69) is 31.0 Å². The Labute approximate surface area is 112 Å². The van der Waals surface area contributed by atoms with Gasteiger partial charge < -0.3 is 5.11 Å². The van der Waals surface area contributed by atoms with Crippen molar-refractivity contribution in [3.63, 3.8) is 0 Å². The van der Waals surface area contributed by atoms with Crippen LogP contribution in [-0.2, 0) is 0 Å². The maximum Gasteiger partial charge on any atom is 0.124 e. The van der Waals surface area contributed by atoms with Crippen LogP contribution in [-0.4, -0.2) is 16.7 Å². The maximum atomic E-state index is 9.42. The van der Waals surface area contributed by atoms with E-state index in [0.29, 0.717) is 0 Å². The molecule has 3 heteroatoms. The molecular weight excluding hydrogens is 242 g/mol. The molecule has 1 aromatic heterocycles. The second-order valence-electron chi connectivity index (χ2n) is 4.57. The van der Waals surface area contributed by atoms with Crippen LogP contribution < -0.4 is 0 Å². The molecule has 0 aliphatic heterocycles. The lowest BCUT2D eigenvalue weighted by atomic mass is 10.1. The van der Waals surface area contributed by atoms with Crippen LogP contribution in [0.15, 0.2) is 24.3 Å². The van der Waals surface area contributed by atoms with Gasteiger partial charge in [-0.25, -0.2) is 4.98 Å². The van der Waals surface area contributed by atoms with Gasteiger partial charge in [0, 0.05) is 16.4 Å². The molecule has 0 amide bonds. The molecule has 0 saturated carbocycles. The SMILES string of the molecule is CCC(CO)c1sc(-c2ccccc2C)nc1C. The highest BCUT2D eigenvalue weighted by molar-refractivity contribution is 7.15. The summed E-state index contributed by atoms with van der Waals surface area (Å²) in [7, 11) is 0. The van der Waals surface area contributed by atoms with Crippen molar-refractivity contribution >= 4 is 11.3 Å². The Morgan fingerprint density at radius 1 is 1.28 bits per heavy atom. The quantitative estimate of drug-likeness (QED) is 0.905. The molecule has 1 atom stereocenters. The zero-order valence-electron chi connectivity index (χ0n) is 11.1. The van der Waals surface area contributed by atoms with E-state index in [1.54, 1.807) is 11.3 Å². The fourth-order valence-corrected chi connectivity index (χ4v) is 3.44. The predicted octanol–water partition coefficient (Wildman–Crippen LogP) is 3.91. The molecule has 1 unspecified atom stereocenters. The number of hydrogen-bond acceptors (Lipinski definition) is 3. The molecule has 1 aromatic carbocycles. The minimum atomic E-state index is 0.201. The summed E-state index contributed by atoms with van der Waals surface area (Å²) in [6, 6.07) is 8.30. The maximum absolute atomic E-state index is 9.42. The van der Waals surface area contributed by atoms with E-state index >= 15 is 0 Å². The monoisotopic (exact) mass is 261 g/mol. The molecule has 0 radical (unpaired) electrons. The third kappa shape index (κ3) is 2.47. The number of rotatable bonds is 4. The standard InChI is InChI=1S/C15H19NOS/c1-4-12(9-17)14-11(3)16-15(18-14)13-8-6-5-7-10(13)2/h5-8,12,17H,4,9H2,1-3H3. The normalized spacial score (nSPS) is 12.7. The number of aryl methyl sites for hydroxylation is 2.